The molecule has 0 aromatic heterocycles. The molecule has 0 saturated heterocycles. The van der Waals surface area contributed by atoms with Crippen molar-refractivity contribution in [2.75, 3.05) is 0 Å². The van der Waals surface area contributed by atoms with Crippen LogP contribution >= 0.6 is 0 Å². The van der Waals surface area contributed by atoms with Crippen LogP contribution in [0.5, 0.6) is 0 Å². The molecule has 0 aliphatic rings. The molecule has 0 N–H and O–H groups in total. The van der Waals surface area contributed by atoms with Crippen LogP contribution in [0.4, 0.5) is 6.18 Å². The number of hydrogen-bond acceptors (Lipinski definition) is 1. The minimum atomic E-state index is -4.58. The third kappa shape index (κ3) is 32.0. The summed E-state index contributed by atoms with van der Waals surface area (Å²) in [5.74, 6) is 0. The molecule has 0 aromatic rings. The van der Waals surface area contributed by atoms with Crippen molar-refractivity contribution < 1.29 is 28.4 Å². The topological polar surface area (TPSA) is 17.1 Å². The van der Waals surface area contributed by atoms with Gasteiger partial charge in [0.25, 0.3) is 0 Å². The van der Waals surface area contributed by atoms with Crippen LogP contribution in [0, 0.1) is 0 Å². The molecule has 0 fully saturated rings. The summed E-state index contributed by atoms with van der Waals surface area (Å²) >= 11 is -4.58. The van der Waals surface area contributed by atoms with Gasteiger partial charge in [0.05, 0.1) is 0 Å². The van der Waals surface area contributed by atoms with E-state index in [0.717, 1.165) is 0 Å². The van der Waals surface area contributed by atoms with E-state index in [1.807, 2.05) is 0 Å². The molecule has 0 unspecified atom stereocenters. The van der Waals surface area contributed by atoms with E-state index in [1.54, 1.807) is 0 Å². The van der Waals surface area contributed by atoms with Crippen molar-refractivity contribution in [2.24, 2.45) is 0 Å². The fourth-order valence-electron chi connectivity index (χ4n) is 0. The molecule has 0 radical (unpaired) electrons. The summed E-state index contributed by atoms with van der Waals surface area (Å²) in [6, 6.07) is 0. The molecular weight excluding hydrogens is 102 g/mol. The molecule has 0 aromatic carbocycles. The van der Waals surface area contributed by atoms with Crippen molar-refractivity contribution >= 4 is 0 Å². The van der Waals surface area contributed by atoms with Gasteiger partial charge in [-0.15, -0.1) is 0 Å². The van der Waals surface area contributed by atoms with Crippen LogP contribution in [0.25, 0.3) is 0 Å². The van der Waals surface area contributed by atoms with Gasteiger partial charge in [-0.05, 0) is 0 Å². The summed E-state index contributed by atoms with van der Waals surface area (Å²) < 4.78 is 28.2. The summed E-state index contributed by atoms with van der Waals surface area (Å²) in [4.78, 5) is 0. The Morgan fingerprint density at radius 2 is 1.50 bits per heavy atom. The first-order valence-electron chi connectivity index (χ1n) is 0.582. The van der Waals surface area contributed by atoms with E-state index in [4.69, 9.17) is 3.32 Å². The van der Waals surface area contributed by atoms with Crippen LogP contribution < -0.4 is 0 Å². The average molecular weight is 102 g/mol. The number of halogens is 2. The summed E-state index contributed by atoms with van der Waals surface area (Å²) in [6.45, 7) is 0. The average Bonchev–Trinajstić information content (AvgIpc) is 0.811. The van der Waals surface area contributed by atoms with Gasteiger partial charge in [0.1, 0.15) is 0 Å². The van der Waals surface area contributed by atoms with Gasteiger partial charge in [-0.25, -0.2) is 0 Å². The van der Waals surface area contributed by atoms with Crippen LogP contribution in [0.3, 0.4) is 0 Å². The van der Waals surface area contributed by atoms with Crippen molar-refractivity contribution in [1.82, 2.24) is 0 Å². The molecule has 24 valence electrons. The van der Waals surface area contributed by atoms with Crippen molar-refractivity contribution in [3.63, 3.8) is 0 Å². The van der Waals surface area contributed by atoms with E-state index in [0.29, 0.717) is 0 Å². The zero-order valence-electron chi connectivity index (χ0n) is 1.66. The van der Waals surface area contributed by atoms with Gasteiger partial charge in [-0.1, -0.05) is 0 Å². The molecule has 0 heterocycles. The minimum absolute atomic E-state index is 4.58. The van der Waals surface area contributed by atoms with E-state index in [9.17, 15) is 6.18 Å². The van der Waals surface area contributed by atoms with Crippen molar-refractivity contribution in [3.8, 4) is 0 Å². The third-order valence-corrected chi connectivity index (χ3v) is 0. The van der Waals surface area contributed by atoms with Gasteiger partial charge in [-0.2, -0.15) is 0 Å². The van der Waals surface area contributed by atoms with E-state index < -0.39 is 18.9 Å². The van der Waals surface area contributed by atoms with Crippen LogP contribution in [0.2, 0.25) is 0 Å². The fourth-order valence-corrected chi connectivity index (χ4v) is 0. The molecule has 0 rings (SSSR count). The molecule has 0 saturated carbocycles. The molecule has 4 heteroatoms. The summed E-state index contributed by atoms with van der Waals surface area (Å²) in [6.07, 6.45) is 0. The van der Waals surface area contributed by atoms with Crippen LogP contribution in [-0.2, 0) is 22.2 Å². The van der Waals surface area contributed by atoms with E-state index in [1.165, 1.54) is 0 Å². The van der Waals surface area contributed by atoms with E-state index >= 15 is 0 Å². The first kappa shape index (κ1) is 4.37. The summed E-state index contributed by atoms with van der Waals surface area (Å²) in [5, 5.41) is 0. The second-order valence-corrected chi connectivity index (χ2v) is 0.931. The predicted octanol–water partition coefficient (Wildman–Crippen LogP) is 0.719. The Balaban J connectivity index is 2.80. The quantitative estimate of drug-likeness (QED) is 0.411. The van der Waals surface area contributed by atoms with Gasteiger partial charge in [0.2, 0.25) is 0 Å². The normalized spacial score (nSPS) is 6.50. The fraction of sp³-hybridized carbons (Fsp3) is 0. The summed E-state index contributed by atoms with van der Waals surface area (Å²) in [7, 11) is 0. The van der Waals surface area contributed by atoms with Crippen molar-refractivity contribution in [1.29, 1.82) is 0 Å². The Hall–Kier alpha value is 0.374. The van der Waals surface area contributed by atoms with Crippen molar-refractivity contribution in [3.05, 3.63) is 0 Å². The number of rotatable bonds is 0. The second-order valence-electron chi connectivity index (χ2n) is 0.226. The summed E-state index contributed by atoms with van der Waals surface area (Å²) in [5.41, 5.74) is 0. The van der Waals surface area contributed by atoms with E-state index in [-0.39, 0.29) is 0 Å². The van der Waals surface area contributed by atoms with Gasteiger partial charge >= 0.3 is 28.4 Å². The van der Waals surface area contributed by atoms with E-state index in [2.05, 4.69) is 0 Å². The van der Waals surface area contributed by atoms with Gasteiger partial charge in [0, 0.05) is 0 Å². The molecular formula is F2OTi. The molecule has 0 aliphatic heterocycles. The first-order valence-corrected chi connectivity index (χ1v) is 2.40. The van der Waals surface area contributed by atoms with Gasteiger partial charge < -0.3 is 0 Å². The van der Waals surface area contributed by atoms with Crippen molar-refractivity contribution in [2.45, 2.75) is 0 Å². The van der Waals surface area contributed by atoms with Gasteiger partial charge in [0.15, 0.2) is 0 Å². The van der Waals surface area contributed by atoms with Crippen LogP contribution in [0.15, 0.2) is 0 Å². The molecule has 0 atom stereocenters. The molecule has 1 nitrogen and oxygen atoms in total. The standard InChI is InChI=1S/2FH.O.Ti/h2*1H;;/q;;;+2/p-2. The third-order valence-electron chi connectivity index (χ3n) is 0. The van der Waals surface area contributed by atoms with Gasteiger partial charge in [-0.3, -0.25) is 0 Å². The first-order chi connectivity index (χ1) is 1.73. The zero-order valence-corrected chi connectivity index (χ0v) is 3.23. The maximum absolute atomic E-state index is 9.94. The monoisotopic (exact) mass is 102 g/mol. The second kappa shape index (κ2) is 1.67. The Labute approximate surface area is 29.1 Å². The Bertz CT molecular complexity index is 29.0. The Kier molecular flexibility index (Phi) is 1.83. The van der Waals surface area contributed by atoms with Crippen LogP contribution in [0.1, 0.15) is 0 Å². The maximum atomic E-state index is 9.94. The predicted molar refractivity (Wildman–Crippen MR) is 2.90 cm³/mol. The number of hydrogen-bond donors (Lipinski definition) is 0. The zero-order chi connectivity index (χ0) is 3.58. The van der Waals surface area contributed by atoms with Crippen LogP contribution in [-0.4, -0.2) is 0 Å². The Morgan fingerprint density at radius 3 is 1.50 bits per heavy atom. The molecule has 4 heavy (non-hydrogen) atoms. The SMILES string of the molecule is [O]=[Ti]([F])[F]. The Morgan fingerprint density at radius 1 is 1.50 bits per heavy atom. The molecule has 0 aliphatic carbocycles. The molecule has 0 amide bonds. The molecule has 0 spiro atoms. The molecule has 0 bridgehead atoms.